The lowest BCUT2D eigenvalue weighted by molar-refractivity contribution is -0.123. The van der Waals surface area contributed by atoms with Crippen molar-refractivity contribution < 1.29 is 22.4 Å². The van der Waals surface area contributed by atoms with Crippen LogP contribution in [-0.4, -0.2) is 40.0 Å². The molecule has 0 aromatic carbocycles. The monoisotopic (exact) mass is 425 g/mol. The van der Waals surface area contributed by atoms with Gasteiger partial charge in [-0.25, -0.2) is 13.4 Å². The van der Waals surface area contributed by atoms with Crippen LogP contribution in [0.15, 0.2) is 23.5 Å². The van der Waals surface area contributed by atoms with Crippen molar-refractivity contribution in [1.29, 1.82) is 0 Å². The number of hydrogen-bond donors (Lipinski definition) is 0. The molecule has 150 valence electrons. The van der Waals surface area contributed by atoms with Gasteiger partial charge in [0, 0.05) is 19.0 Å². The molecule has 7 nitrogen and oxygen atoms in total. The van der Waals surface area contributed by atoms with E-state index >= 15 is 0 Å². The smallest absolute Gasteiger partial charge is 0.196 e. The summed E-state index contributed by atoms with van der Waals surface area (Å²) in [5.74, 6) is 0.0185. The van der Waals surface area contributed by atoms with Gasteiger partial charge in [0.05, 0.1) is 24.1 Å². The van der Waals surface area contributed by atoms with Crippen LogP contribution in [0.5, 0.6) is 0 Å². The maximum absolute atomic E-state index is 13.2. The summed E-state index contributed by atoms with van der Waals surface area (Å²) in [5, 5.41) is 3.71. The average molecular weight is 426 g/mol. The van der Waals surface area contributed by atoms with E-state index in [2.05, 4.69) is 10.1 Å². The molecule has 2 aliphatic rings. The van der Waals surface area contributed by atoms with E-state index in [0.29, 0.717) is 43.5 Å². The Kier molecular flexibility index (Phi) is 5.17. The molecule has 2 atom stereocenters. The summed E-state index contributed by atoms with van der Waals surface area (Å²) in [6.45, 7) is 0. The van der Waals surface area contributed by atoms with Gasteiger partial charge in [0.1, 0.15) is 21.7 Å². The third kappa shape index (κ3) is 4.07. The van der Waals surface area contributed by atoms with Crippen molar-refractivity contribution in [2.24, 2.45) is 5.92 Å². The van der Waals surface area contributed by atoms with Crippen molar-refractivity contribution in [1.82, 2.24) is 14.8 Å². The quantitative estimate of drug-likeness (QED) is 0.644. The molecule has 2 heterocycles. The minimum atomic E-state index is -3.40. The van der Waals surface area contributed by atoms with Crippen molar-refractivity contribution in [2.45, 2.75) is 61.1 Å². The third-order valence-electron chi connectivity index (χ3n) is 5.32. The molecule has 28 heavy (non-hydrogen) atoms. The molecule has 0 spiro atoms. The molecule has 0 saturated heterocycles. The molecule has 10 heteroatoms. The van der Waals surface area contributed by atoms with Crippen molar-refractivity contribution in [3.05, 3.63) is 28.7 Å². The SMILES string of the molecule is O=C1CC[C@@H](C[C@@H](C(=O)Cc2ncc(F)s2)n2cc(S(=O)(=O)C3CC3)cn2)C1. The fraction of sp³-hybridized carbons (Fsp3) is 0.556. The van der Waals surface area contributed by atoms with E-state index in [0.717, 1.165) is 17.5 Å². The van der Waals surface area contributed by atoms with E-state index in [1.54, 1.807) is 0 Å². The Hall–Kier alpha value is -1.94. The van der Waals surface area contributed by atoms with Crippen LogP contribution in [0.3, 0.4) is 0 Å². The van der Waals surface area contributed by atoms with E-state index in [1.165, 1.54) is 17.1 Å². The number of ketones is 2. The number of aromatic nitrogens is 3. The van der Waals surface area contributed by atoms with Crippen LogP contribution in [0.2, 0.25) is 0 Å². The van der Waals surface area contributed by atoms with Crippen LogP contribution in [-0.2, 0) is 25.8 Å². The summed E-state index contributed by atoms with van der Waals surface area (Å²) in [6.07, 6.45) is 7.06. The first-order valence-corrected chi connectivity index (χ1v) is 11.6. The number of thiazole rings is 1. The molecule has 2 aliphatic carbocycles. The highest BCUT2D eigenvalue weighted by Crippen LogP contribution is 2.35. The normalized spacial score (nSPS) is 21.2. The molecule has 0 bridgehead atoms. The third-order valence-corrected chi connectivity index (χ3v) is 8.32. The van der Waals surface area contributed by atoms with Crippen LogP contribution in [0.1, 0.15) is 49.6 Å². The van der Waals surface area contributed by atoms with Gasteiger partial charge in [-0.1, -0.05) is 11.3 Å². The second-order valence-electron chi connectivity index (χ2n) is 7.50. The highest BCUT2D eigenvalue weighted by Gasteiger charge is 2.38. The molecule has 2 saturated carbocycles. The van der Waals surface area contributed by atoms with Gasteiger partial charge < -0.3 is 0 Å². The van der Waals surface area contributed by atoms with Gasteiger partial charge in [0.2, 0.25) is 0 Å². The lowest BCUT2D eigenvalue weighted by Crippen LogP contribution is -2.24. The van der Waals surface area contributed by atoms with E-state index in [4.69, 9.17) is 0 Å². The number of rotatable bonds is 8. The highest BCUT2D eigenvalue weighted by molar-refractivity contribution is 7.92. The van der Waals surface area contributed by atoms with E-state index < -0.39 is 21.0 Å². The molecule has 0 unspecified atom stereocenters. The largest absolute Gasteiger partial charge is 0.300 e. The Morgan fingerprint density at radius 3 is 2.71 bits per heavy atom. The van der Waals surface area contributed by atoms with Crippen molar-refractivity contribution in [3.63, 3.8) is 0 Å². The molecule has 0 amide bonds. The number of carbonyl (C=O) groups is 2. The van der Waals surface area contributed by atoms with Crippen LogP contribution >= 0.6 is 11.3 Å². The summed E-state index contributed by atoms with van der Waals surface area (Å²) in [4.78, 5) is 28.6. The fourth-order valence-corrected chi connectivity index (χ4v) is 5.88. The molecule has 4 rings (SSSR count). The second-order valence-corrected chi connectivity index (χ2v) is 10.8. The van der Waals surface area contributed by atoms with Crippen LogP contribution in [0, 0.1) is 11.0 Å². The van der Waals surface area contributed by atoms with Gasteiger partial charge in [-0.15, -0.1) is 0 Å². The van der Waals surface area contributed by atoms with Crippen molar-refractivity contribution >= 4 is 32.7 Å². The average Bonchev–Trinajstić information content (AvgIpc) is 3.04. The van der Waals surface area contributed by atoms with Crippen LogP contribution in [0.4, 0.5) is 4.39 Å². The van der Waals surface area contributed by atoms with E-state index in [9.17, 15) is 22.4 Å². The number of nitrogens with zero attached hydrogens (tertiary/aromatic N) is 3. The molecule has 2 aromatic heterocycles. The summed E-state index contributed by atoms with van der Waals surface area (Å²) in [5.41, 5.74) is 0. The van der Waals surface area contributed by atoms with Crippen molar-refractivity contribution in [3.8, 4) is 0 Å². The molecule has 2 aromatic rings. The first-order valence-electron chi connectivity index (χ1n) is 9.25. The van der Waals surface area contributed by atoms with Crippen LogP contribution < -0.4 is 0 Å². The molecular weight excluding hydrogens is 405 g/mol. The number of halogens is 1. The van der Waals surface area contributed by atoms with Crippen molar-refractivity contribution in [2.75, 3.05) is 0 Å². The Morgan fingerprint density at radius 1 is 1.32 bits per heavy atom. The Bertz CT molecular complexity index is 1010. The summed E-state index contributed by atoms with van der Waals surface area (Å²) >= 11 is 0.815. The van der Waals surface area contributed by atoms with Gasteiger partial charge in [-0.3, -0.25) is 14.3 Å². The van der Waals surface area contributed by atoms with Gasteiger partial charge in [-0.2, -0.15) is 9.49 Å². The molecule has 0 radical (unpaired) electrons. The van der Waals surface area contributed by atoms with Gasteiger partial charge in [0.25, 0.3) is 0 Å². The Morgan fingerprint density at radius 2 is 2.11 bits per heavy atom. The van der Waals surface area contributed by atoms with Gasteiger partial charge in [0.15, 0.2) is 20.8 Å². The number of hydrogen-bond acceptors (Lipinski definition) is 7. The Balaban J connectivity index is 1.58. The summed E-state index contributed by atoms with van der Waals surface area (Å²) in [7, 11) is -3.40. The first kappa shape index (κ1) is 19.4. The van der Waals surface area contributed by atoms with E-state index in [-0.39, 0.29) is 34.1 Å². The predicted octanol–water partition coefficient (Wildman–Crippen LogP) is 2.53. The Labute approximate surface area is 165 Å². The predicted molar refractivity (Wildman–Crippen MR) is 99.2 cm³/mol. The van der Waals surface area contributed by atoms with E-state index in [1.807, 2.05) is 0 Å². The zero-order valence-electron chi connectivity index (χ0n) is 15.1. The summed E-state index contributed by atoms with van der Waals surface area (Å²) in [6, 6.07) is -0.703. The maximum atomic E-state index is 13.2. The van der Waals surface area contributed by atoms with Gasteiger partial charge in [-0.05, 0) is 31.6 Å². The number of sulfone groups is 1. The second kappa shape index (κ2) is 7.47. The first-order chi connectivity index (χ1) is 13.3. The zero-order chi connectivity index (χ0) is 19.9. The molecule has 0 N–H and O–H groups in total. The van der Waals surface area contributed by atoms with Crippen LogP contribution in [0.25, 0.3) is 0 Å². The lowest BCUT2D eigenvalue weighted by Gasteiger charge is -2.19. The molecular formula is C18H20FN3O4S2. The minimum Gasteiger partial charge on any atom is -0.300 e. The van der Waals surface area contributed by atoms with Gasteiger partial charge >= 0.3 is 0 Å². The highest BCUT2D eigenvalue weighted by atomic mass is 32.2. The number of Topliss-reactive ketones (excluding diaryl/α,β-unsaturated/α-hetero) is 2. The summed E-state index contributed by atoms with van der Waals surface area (Å²) < 4.78 is 39.5. The zero-order valence-corrected chi connectivity index (χ0v) is 16.7. The topological polar surface area (TPSA) is 99.0 Å². The maximum Gasteiger partial charge on any atom is 0.196 e. The standard InChI is InChI=1S/C18H20FN3O4S2/c19-17-9-20-18(27-17)7-16(24)15(6-11-1-2-12(23)5-11)22-10-14(8-21-22)28(25,26)13-3-4-13/h8-11,13,15H,1-7H2/t11-,15+/m1/s1. The number of carbonyl (C=O) groups excluding carboxylic acids is 2. The molecule has 0 aliphatic heterocycles. The minimum absolute atomic E-state index is 0.0511. The fourth-order valence-electron chi connectivity index (χ4n) is 3.64. The molecule has 2 fully saturated rings. The lowest BCUT2D eigenvalue weighted by atomic mass is 9.95.